The van der Waals surface area contributed by atoms with Crippen molar-refractivity contribution in [2.24, 2.45) is 5.92 Å². The fraction of sp³-hybridized carbons (Fsp3) is 1.00. The lowest BCUT2D eigenvalue weighted by Gasteiger charge is -2.20. The largest absolute Gasteiger partial charge is 0.396 e. The molecule has 0 aromatic rings. The first kappa shape index (κ1) is 12.9. The van der Waals surface area contributed by atoms with Crippen LogP contribution in [0.15, 0.2) is 0 Å². The minimum atomic E-state index is -3.21. The second kappa shape index (κ2) is 4.93. The number of hydrogen-bond acceptors (Lipinski definition) is 3. The summed E-state index contributed by atoms with van der Waals surface area (Å²) >= 11 is 0. The zero-order chi connectivity index (χ0) is 10.6. The highest BCUT2D eigenvalue weighted by Crippen LogP contribution is 2.05. The van der Waals surface area contributed by atoms with Gasteiger partial charge < -0.3 is 5.11 Å². The van der Waals surface area contributed by atoms with Crippen LogP contribution < -0.4 is 4.72 Å². The molecule has 0 saturated carbocycles. The maximum absolute atomic E-state index is 11.4. The Labute approximate surface area is 80.4 Å². The number of rotatable bonds is 5. The molecule has 0 aromatic heterocycles. The van der Waals surface area contributed by atoms with E-state index in [-0.39, 0.29) is 18.6 Å². The fourth-order valence-electron chi connectivity index (χ4n) is 0.669. The van der Waals surface area contributed by atoms with Crippen LogP contribution in [-0.2, 0) is 10.0 Å². The van der Waals surface area contributed by atoms with Crippen LogP contribution in [0.2, 0.25) is 0 Å². The Morgan fingerprint density at radius 2 is 1.69 bits per heavy atom. The first-order valence-electron chi connectivity index (χ1n) is 4.43. The van der Waals surface area contributed by atoms with Crippen molar-refractivity contribution in [1.82, 2.24) is 4.72 Å². The molecule has 4 nitrogen and oxygen atoms in total. The molecule has 2 atom stereocenters. The Morgan fingerprint density at radius 3 is 2.00 bits per heavy atom. The van der Waals surface area contributed by atoms with Gasteiger partial charge in [-0.3, -0.25) is 0 Å². The van der Waals surface area contributed by atoms with Gasteiger partial charge in [-0.05, 0) is 26.7 Å². The van der Waals surface area contributed by atoms with Crippen LogP contribution in [-0.4, -0.2) is 31.4 Å². The summed E-state index contributed by atoms with van der Waals surface area (Å²) in [6, 6.07) is -0.225. The van der Waals surface area contributed by atoms with Crippen LogP contribution >= 0.6 is 0 Å². The summed E-state index contributed by atoms with van der Waals surface area (Å²) < 4.78 is 25.3. The Kier molecular flexibility index (Phi) is 4.88. The molecule has 0 rings (SSSR count). The zero-order valence-electron chi connectivity index (χ0n) is 8.61. The van der Waals surface area contributed by atoms with E-state index in [2.05, 4.69) is 4.72 Å². The number of nitrogens with one attached hydrogen (secondary N) is 1. The van der Waals surface area contributed by atoms with Gasteiger partial charge in [0.1, 0.15) is 0 Å². The molecule has 13 heavy (non-hydrogen) atoms. The maximum atomic E-state index is 11.4. The van der Waals surface area contributed by atoms with Crippen LogP contribution in [0, 0.1) is 5.92 Å². The van der Waals surface area contributed by atoms with E-state index in [1.807, 2.05) is 0 Å². The standard InChI is InChI=1S/C8H19NO3S/c1-6(2)13(11,12)9-8(4)7(3)5-10/h6-10H,5H2,1-4H3. The number of hydrogen-bond donors (Lipinski definition) is 2. The van der Waals surface area contributed by atoms with Gasteiger partial charge >= 0.3 is 0 Å². The van der Waals surface area contributed by atoms with E-state index in [4.69, 9.17) is 5.11 Å². The van der Waals surface area contributed by atoms with Crippen LogP contribution in [0.5, 0.6) is 0 Å². The van der Waals surface area contributed by atoms with Gasteiger partial charge in [0.25, 0.3) is 0 Å². The highest BCUT2D eigenvalue weighted by atomic mass is 32.2. The summed E-state index contributed by atoms with van der Waals surface area (Å²) in [6.07, 6.45) is 0. The zero-order valence-corrected chi connectivity index (χ0v) is 9.43. The highest BCUT2D eigenvalue weighted by molar-refractivity contribution is 7.90. The molecule has 0 spiro atoms. The second-order valence-corrected chi connectivity index (χ2v) is 5.93. The lowest BCUT2D eigenvalue weighted by atomic mass is 10.1. The average Bonchev–Trinajstić information content (AvgIpc) is 2.01. The summed E-state index contributed by atoms with van der Waals surface area (Å²) in [5, 5.41) is 8.38. The molecule has 0 saturated heterocycles. The van der Waals surface area contributed by atoms with Gasteiger partial charge in [0.2, 0.25) is 10.0 Å². The van der Waals surface area contributed by atoms with Crippen molar-refractivity contribution in [2.75, 3.05) is 6.61 Å². The van der Waals surface area contributed by atoms with E-state index in [0.717, 1.165) is 0 Å². The topological polar surface area (TPSA) is 66.4 Å². The Hall–Kier alpha value is -0.130. The van der Waals surface area contributed by atoms with Crippen molar-refractivity contribution in [3.8, 4) is 0 Å². The van der Waals surface area contributed by atoms with Crippen LogP contribution in [0.1, 0.15) is 27.7 Å². The highest BCUT2D eigenvalue weighted by Gasteiger charge is 2.21. The van der Waals surface area contributed by atoms with Gasteiger partial charge in [-0.25, -0.2) is 13.1 Å². The first-order chi connectivity index (χ1) is 5.81. The third-order valence-electron chi connectivity index (χ3n) is 2.11. The van der Waals surface area contributed by atoms with Gasteiger partial charge in [0.05, 0.1) is 5.25 Å². The predicted octanol–water partition coefficient (Wildman–Crippen LogP) is 0.331. The van der Waals surface area contributed by atoms with Crippen molar-refractivity contribution < 1.29 is 13.5 Å². The molecule has 2 N–H and O–H groups in total. The second-order valence-electron chi connectivity index (χ2n) is 3.66. The van der Waals surface area contributed by atoms with E-state index in [1.165, 1.54) is 0 Å². The molecule has 80 valence electrons. The van der Waals surface area contributed by atoms with E-state index in [9.17, 15) is 8.42 Å². The molecule has 0 amide bonds. The molecule has 0 radical (unpaired) electrons. The lowest BCUT2D eigenvalue weighted by molar-refractivity contribution is 0.216. The third kappa shape index (κ3) is 4.06. The summed E-state index contributed by atoms with van der Waals surface area (Å²) in [4.78, 5) is 0. The van der Waals surface area contributed by atoms with E-state index in [0.29, 0.717) is 0 Å². The molecule has 0 bridgehead atoms. The monoisotopic (exact) mass is 209 g/mol. The molecule has 0 heterocycles. The number of aliphatic hydroxyl groups excluding tert-OH is 1. The maximum Gasteiger partial charge on any atom is 0.214 e. The van der Waals surface area contributed by atoms with Crippen molar-refractivity contribution >= 4 is 10.0 Å². The van der Waals surface area contributed by atoms with Crippen LogP contribution in [0.25, 0.3) is 0 Å². The van der Waals surface area contributed by atoms with Gasteiger partial charge in [-0.2, -0.15) is 0 Å². The van der Waals surface area contributed by atoms with Gasteiger partial charge in [0.15, 0.2) is 0 Å². The van der Waals surface area contributed by atoms with Crippen LogP contribution in [0.4, 0.5) is 0 Å². The van der Waals surface area contributed by atoms with Crippen molar-refractivity contribution in [2.45, 2.75) is 39.0 Å². The molecular formula is C8H19NO3S. The SMILES string of the molecule is CC(CO)C(C)NS(=O)(=O)C(C)C. The molecular weight excluding hydrogens is 190 g/mol. The number of aliphatic hydroxyl groups is 1. The van der Waals surface area contributed by atoms with Gasteiger partial charge in [0, 0.05) is 12.6 Å². The molecule has 0 aromatic carbocycles. The molecule has 0 fully saturated rings. The third-order valence-corrected chi connectivity index (χ3v) is 4.05. The van der Waals surface area contributed by atoms with Crippen molar-refractivity contribution in [3.63, 3.8) is 0 Å². The minimum Gasteiger partial charge on any atom is -0.396 e. The quantitative estimate of drug-likeness (QED) is 0.686. The Bertz CT molecular complexity index is 236. The van der Waals surface area contributed by atoms with E-state index >= 15 is 0 Å². The fourth-order valence-corrected chi connectivity index (χ4v) is 1.69. The predicted molar refractivity (Wildman–Crippen MR) is 52.9 cm³/mol. The molecule has 0 aliphatic carbocycles. The molecule has 0 aliphatic heterocycles. The molecule has 0 aliphatic rings. The Balaban J connectivity index is 4.29. The Morgan fingerprint density at radius 1 is 1.23 bits per heavy atom. The minimum absolute atomic E-state index is 0.0121. The van der Waals surface area contributed by atoms with Crippen molar-refractivity contribution in [1.29, 1.82) is 0 Å². The van der Waals surface area contributed by atoms with Crippen LogP contribution in [0.3, 0.4) is 0 Å². The number of sulfonamides is 1. The summed E-state index contributed by atoms with van der Waals surface area (Å²) in [7, 11) is -3.21. The molecule has 5 heteroatoms. The van der Waals surface area contributed by atoms with Crippen molar-refractivity contribution in [3.05, 3.63) is 0 Å². The van der Waals surface area contributed by atoms with E-state index in [1.54, 1.807) is 27.7 Å². The summed E-state index contributed by atoms with van der Waals surface area (Å²) in [6.45, 7) is 6.79. The molecule has 2 unspecified atom stereocenters. The van der Waals surface area contributed by atoms with Gasteiger partial charge in [-0.15, -0.1) is 0 Å². The smallest absolute Gasteiger partial charge is 0.214 e. The summed E-state index contributed by atoms with van der Waals surface area (Å²) in [5.41, 5.74) is 0. The summed E-state index contributed by atoms with van der Waals surface area (Å²) in [5.74, 6) is -0.0616. The average molecular weight is 209 g/mol. The lowest BCUT2D eigenvalue weighted by Crippen LogP contribution is -2.41. The van der Waals surface area contributed by atoms with Gasteiger partial charge in [-0.1, -0.05) is 6.92 Å². The van der Waals surface area contributed by atoms with E-state index < -0.39 is 15.3 Å². The normalized spacial score (nSPS) is 17.4. The first-order valence-corrected chi connectivity index (χ1v) is 5.98.